The molecule has 176 valence electrons. The number of benzene rings is 3. The lowest BCUT2D eigenvalue weighted by Gasteiger charge is -2.30. The first-order valence-corrected chi connectivity index (χ1v) is 11.8. The third-order valence-electron chi connectivity index (χ3n) is 6.26. The largest absolute Gasteiger partial charge is 0.489 e. The number of rotatable bonds is 5. The van der Waals surface area contributed by atoms with Crippen molar-refractivity contribution >= 4 is 40.7 Å². The molecule has 1 N–H and O–H groups in total. The van der Waals surface area contributed by atoms with Crippen molar-refractivity contribution in [2.45, 2.75) is 19.4 Å². The summed E-state index contributed by atoms with van der Waals surface area (Å²) in [4.78, 5) is 26.6. The summed E-state index contributed by atoms with van der Waals surface area (Å²) in [6.45, 7) is 2.04. The Kier molecular flexibility index (Phi) is 6.13. The summed E-state index contributed by atoms with van der Waals surface area (Å²) >= 11 is 12.2. The maximum absolute atomic E-state index is 13.6. The van der Waals surface area contributed by atoms with Crippen molar-refractivity contribution in [3.63, 3.8) is 0 Å². The fourth-order valence-corrected chi connectivity index (χ4v) is 4.98. The van der Waals surface area contributed by atoms with E-state index in [1.165, 1.54) is 7.11 Å². The molecular formula is C28H21Cl2NO4. The van der Waals surface area contributed by atoms with E-state index in [2.05, 4.69) is 5.32 Å². The van der Waals surface area contributed by atoms with Gasteiger partial charge in [-0.15, -0.1) is 0 Å². The normalized spacial score (nSPS) is 16.6. The fourth-order valence-electron chi connectivity index (χ4n) is 4.66. The molecule has 0 amide bonds. The summed E-state index contributed by atoms with van der Waals surface area (Å²) in [5, 5.41) is 4.19. The van der Waals surface area contributed by atoms with E-state index in [0.717, 1.165) is 11.1 Å². The third kappa shape index (κ3) is 4.01. The molecule has 2 aliphatic rings. The molecule has 0 spiro atoms. The van der Waals surface area contributed by atoms with Crippen molar-refractivity contribution in [3.8, 4) is 5.75 Å². The Balaban J connectivity index is 1.61. The van der Waals surface area contributed by atoms with Gasteiger partial charge in [-0.05, 0) is 30.7 Å². The molecule has 35 heavy (non-hydrogen) atoms. The SMILES string of the molecule is COC(=O)C1=C(C)NC2=C(C(=O)c3ccccc32)[C@H]1c1ccccc1OCc1ccc(Cl)c(Cl)c1. The summed E-state index contributed by atoms with van der Waals surface area (Å²) < 4.78 is 11.3. The molecule has 1 aliphatic heterocycles. The van der Waals surface area contributed by atoms with Crippen molar-refractivity contribution in [1.82, 2.24) is 5.32 Å². The number of Topliss-reactive ketones (excluding diaryl/α,β-unsaturated/α-hetero) is 1. The molecule has 0 aromatic heterocycles. The molecular weight excluding hydrogens is 485 g/mol. The minimum Gasteiger partial charge on any atom is -0.489 e. The molecule has 5 rings (SSSR count). The predicted molar refractivity (Wildman–Crippen MR) is 136 cm³/mol. The van der Waals surface area contributed by atoms with E-state index in [1.54, 1.807) is 18.2 Å². The van der Waals surface area contributed by atoms with Crippen LogP contribution in [-0.4, -0.2) is 18.9 Å². The molecule has 1 aliphatic carbocycles. The number of hydrogen-bond donors (Lipinski definition) is 1. The number of carbonyl (C=O) groups excluding carboxylic acids is 2. The van der Waals surface area contributed by atoms with Gasteiger partial charge in [0.1, 0.15) is 12.4 Å². The van der Waals surface area contributed by atoms with Crippen LogP contribution in [0.3, 0.4) is 0 Å². The van der Waals surface area contributed by atoms with E-state index in [4.69, 9.17) is 32.7 Å². The monoisotopic (exact) mass is 505 g/mol. The molecule has 0 fully saturated rings. The second-order valence-corrected chi connectivity index (χ2v) is 9.14. The highest BCUT2D eigenvalue weighted by molar-refractivity contribution is 6.42. The number of dihydropyridines is 1. The fraction of sp³-hybridized carbons (Fsp3) is 0.143. The van der Waals surface area contributed by atoms with Crippen LogP contribution < -0.4 is 10.1 Å². The lowest BCUT2D eigenvalue weighted by Crippen LogP contribution is -2.29. The van der Waals surface area contributed by atoms with Gasteiger partial charge in [-0.2, -0.15) is 0 Å². The van der Waals surface area contributed by atoms with E-state index in [0.29, 0.717) is 49.5 Å². The van der Waals surface area contributed by atoms with Crippen LogP contribution in [0.5, 0.6) is 5.75 Å². The van der Waals surface area contributed by atoms with Crippen LogP contribution in [0.4, 0.5) is 0 Å². The maximum atomic E-state index is 13.6. The van der Waals surface area contributed by atoms with Gasteiger partial charge in [0, 0.05) is 28.0 Å². The Morgan fingerprint density at radius 3 is 2.43 bits per heavy atom. The third-order valence-corrected chi connectivity index (χ3v) is 7.00. The minimum atomic E-state index is -0.663. The molecule has 0 radical (unpaired) electrons. The summed E-state index contributed by atoms with van der Waals surface area (Å²) in [5.41, 5.74) is 5.16. The summed E-state index contributed by atoms with van der Waals surface area (Å²) in [6.07, 6.45) is 0. The topological polar surface area (TPSA) is 64.6 Å². The number of fused-ring (bicyclic) bond motifs is 2. The number of allylic oxidation sites excluding steroid dienone is 2. The number of carbonyl (C=O) groups is 2. The number of para-hydroxylation sites is 1. The van der Waals surface area contributed by atoms with Gasteiger partial charge in [0.15, 0.2) is 5.78 Å². The summed E-state index contributed by atoms with van der Waals surface area (Å²) in [6, 6.07) is 20.1. The second-order valence-electron chi connectivity index (χ2n) is 8.33. The molecule has 1 atom stereocenters. The lowest BCUT2D eigenvalue weighted by molar-refractivity contribution is -0.136. The highest BCUT2D eigenvalue weighted by atomic mass is 35.5. The Labute approximate surface area is 213 Å². The van der Waals surface area contributed by atoms with Gasteiger partial charge in [0.05, 0.1) is 34.3 Å². The zero-order valence-corrected chi connectivity index (χ0v) is 20.5. The highest BCUT2D eigenvalue weighted by Crippen LogP contribution is 2.48. The summed E-state index contributed by atoms with van der Waals surface area (Å²) in [7, 11) is 1.33. The first kappa shape index (κ1) is 23.2. The van der Waals surface area contributed by atoms with Crippen LogP contribution in [0, 0.1) is 0 Å². The zero-order chi connectivity index (χ0) is 24.7. The van der Waals surface area contributed by atoms with Gasteiger partial charge in [-0.25, -0.2) is 4.79 Å². The maximum Gasteiger partial charge on any atom is 0.336 e. The van der Waals surface area contributed by atoms with E-state index in [1.807, 2.05) is 55.5 Å². The Hall–Kier alpha value is -3.54. The smallest absolute Gasteiger partial charge is 0.336 e. The van der Waals surface area contributed by atoms with Crippen LogP contribution >= 0.6 is 23.2 Å². The quantitative estimate of drug-likeness (QED) is 0.411. The number of ether oxygens (including phenoxy) is 2. The van der Waals surface area contributed by atoms with E-state index in [9.17, 15) is 9.59 Å². The van der Waals surface area contributed by atoms with Gasteiger partial charge in [-0.3, -0.25) is 4.79 Å². The molecule has 1 heterocycles. The first-order valence-electron chi connectivity index (χ1n) is 11.0. The molecule has 7 heteroatoms. The van der Waals surface area contributed by atoms with Gasteiger partial charge < -0.3 is 14.8 Å². The number of ketones is 1. The molecule has 5 nitrogen and oxygen atoms in total. The lowest BCUT2D eigenvalue weighted by atomic mass is 9.79. The Bertz CT molecular complexity index is 1440. The van der Waals surface area contributed by atoms with Crippen molar-refractivity contribution in [1.29, 1.82) is 0 Å². The zero-order valence-electron chi connectivity index (χ0n) is 19.0. The minimum absolute atomic E-state index is 0.124. The number of methoxy groups -OCH3 is 1. The van der Waals surface area contributed by atoms with E-state index in [-0.39, 0.29) is 12.4 Å². The van der Waals surface area contributed by atoms with Gasteiger partial charge >= 0.3 is 5.97 Å². The van der Waals surface area contributed by atoms with Crippen LogP contribution in [-0.2, 0) is 16.1 Å². The first-order chi connectivity index (χ1) is 16.9. The van der Waals surface area contributed by atoms with Crippen molar-refractivity contribution < 1.29 is 19.1 Å². The van der Waals surface area contributed by atoms with Gasteiger partial charge in [0.2, 0.25) is 0 Å². The van der Waals surface area contributed by atoms with Crippen LogP contribution in [0.1, 0.15) is 39.9 Å². The average molecular weight is 506 g/mol. The van der Waals surface area contributed by atoms with E-state index >= 15 is 0 Å². The van der Waals surface area contributed by atoms with E-state index < -0.39 is 11.9 Å². The van der Waals surface area contributed by atoms with Crippen molar-refractivity contribution in [2.24, 2.45) is 0 Å². The Morgan fingerprint density at radius 1 is 0.971 bits per heavy atom. The number of nitrogens with one attached hydrogen (secondary N) is 1. The standard InChI is InChI=1S/C28H21Cl2NO4/c1-15-23(28(33)34-2)24(25-26(31-15)17-7-3-4-8-18(17)27(25)32)19-9-5-6-10-22(19)35-14-16-11-12-20(29)21(30)13-16/h3-13,24,31H,14H2,1-2H3/t24-/m0/s1. The molecule has 0 saturated carbocycles. The Morgan fingerprint density at radius 2 is 1.69 bits per heavy atom. The molecule has 0 saturated heterocycles. The average Bonchev–Trinajstić information content (AvgIpc) is 3.15. The van der Waals surface area contributed by atoms with Gasteiger partial charge in [0.25, 0.3) is 0 Å². The van der Waals surface area contributed by atoms with Gasteiger partial charge in [-0.1, -0.05) is 71.7 Å². The van der Waals surface area contributed by atoms with Crippen LogP contribution in [0.15, 0.2) is 83.6 Å². The van der Waals surface area contributed by atoms with Crippen LogP contribution in [0.25, 0.3) is 5.70 Å². The molecule has 0 bridgehead atoms. The number of halogens is 2. The molecule has 0 unspecified atom stereocenters. The molecule has 3 aromatic rings. The number of esters is 1. The molecule has 3 aromatic carbocycles. The van der Waals surface area contributed by atoms with Crippen molar-refractivity contribution in [2.75, 3.05) is 7.11 Å². The number of hydrogen-bond acceptors (Lipinski definition) is 5. The second kappa shape index (κ2) is 9.25. The predicted octanol–water partition coefficient (Wildman–Crippen LogP) is 6.31. The summed E-state index contributed by atoms with van der Waals surface area (Å²) in [5.74, 6) is -0.741. The van der Waals surface area contributed by atoms with Crippen LogP contribution in [0.2, 0.25) is 10.0 Å². The highest BCUT2D eigenvalue weighted by Gasteiger charge is 2.43. The van der Waals surface area contributed by atoms with Crippen molar-refractivity contribution in [3.05, 3.63) is 116 Å².